The highest BCUT2D eigenvalue weighted by molar-refractivity contribution is 5.93. The normalized spacial score (nSPS) is 10.8. The van der Waals surface area contributed by atoms with Gasteiger partial charge in [-0.25, -0.2) is 9.97 Å². The second kappa shape index (κ2) is 5.05. The largest absolute Gasteiger partial charge is 0.399 e. The fourth-order valence-electron chi connectivity index (χ4n) is 2.59. The molecule has 2 aromatic carbocycles. The van der Waals surface area contributed by atoms with Gasteiger partial charge in [-0.3, -0.25) is 0 Å². The monoisotopic (exact) mass is 278 g/mol. The van der Waals surface area contributed by atoms with Crippen molar-refractivity contribution in [1.82, 2.24) is 9.97 Å². The SMILES string of the molecule is Cc1cc(C)cc(N(C)c2ncnc3ccc(N)cc23)c1. The van der Waals surface area contributed by atoms with Gasteiger partial charge in [0.25, 0.3) is 0 Å². The molecule has 1 aromatic heterocycles. The number of benzene rings is 2. The molecule has 2 N–H and O–H groups in total. The van der Waals surface area contributed by atoms with Crippen molar-refractivity contribution in [3.63, 3.8) is 0 Å². The van der Waals surface area contributed by atoms with Crippen LogP contribution in [0.4, 0.5) is 17.2 Å². The van der Waals surface area contributed by atoms with Gasteiger partial charge < -0.3 is 10.6 Å². The number of rotatable bonds is 2. The average molecular weight is 278 g/mol. The van der Waals surface area contributed by atoms with Gasteiger partial charge in [0.1, 0.15) is 12.1 Å². The Bertz CT molecular complexity index is 791. The molecule has 21 heavy (non-hydrogen) atoms. The Morgan fingerprint density at radius 2 is 1.67 bits per heavy atom. The van der Waals surface area contributed by atoms with Gasteiger partial charge in [0.05, 0.1) is 5.52 Å². The summed E-state index contributed by atoms with van der Waals surface area (Å²) >= 11 is 0. The van der Waals surface area contributed by atoms with Gasteiger partial charge in [-0.05, 0) is 55.3 Å². The number of aryl methyl sites for hydroxylation is 2. The molecule has 0 aliphatic heterocycles. The highest BCUT2D eigenvalue weighted by Crippen LogP contribution is 2.30. The first kappa shape index (κ1) is 13.4. The van der Waals surface area contributed by atoms with Crippen molar-refractivity contribution in [2.75, 3.05) is 17.7 Å². The third kappa shape index (κ3) is 2.52. The highest BCUT2D eigenvalue weighted by Gasteiger charge is 2.11. The summed E-state index contributed by atoms with van der Waals surface area (Å²) in [6.07, 6.45) is 1.59. The molecule has 106 valence electrons. The summed E-state index contributed by atoms with van der Waals surface area (Å²) in [6, 6.07) is 12.2. The maximum atomic E-state index is 5.91. The molecule has 0 saturated heterocycles. The van der Waals surface area contributed by atoms with Gasteiger partial charge >= 0.3 is 0 Å². The van der Waals surface area contributed by atoms with Gasteiger partial charge in [0.2, 0.25) is 0 Å². The van der Waals surface area contributed by atoms with E-state index in [4.69, 9.17) is 5.73 Å². The molecular formula is C17H18N4. The molecule has 0 saturated carbocycles. The van der Waals surface area contributed by atoms with Crippen LogP contribution in [-0.4, -0.2) is 17.0 Å². The van der Waals surface area contributed by atoms with E-state index in [1.54, 1.807) is 6.33 Å². The van der Waals surface area contributed by atoms with Crippen molar-refractivity contribution in [3.8, 4) is 0 Å². The Hall–Kier alpha value is -2.62. The summed E-state index contributed by atoms with van der Waals surface area (Å²) < 4.78 is 0. The molecule has 0 bridgehead atoms. The third-order valence-corrected chi connectivity index (χ3v) is 3.55. The number of fused-ring (bicyclic) bond motifs is 1. The zero-order valence-corrected chi connectivity index (χ0v) is 12.5. The number of nitrogens with zero attached hydrogens (tertiary/aromatic N) is 3. The number of hydrogen-bond acceptors (Lipinski definition) is 4. The number of hydrogen-bond donors (Lipinski definition) is 1. The van der Waals surface area contributed by atoms with Crippen LogP contribution >= 0.6 is 0 Å². The second-order valence-corrected chi connectivity index (χ2v) is 5.38. The molecule has 4 nitrogen and oxygen atoms in total. The lowest BCUT2D eigenvalue weighted by Crippen LogP contribution is -2.12. The Morgan fingerprint density at radius 3 is 2.38 bits per heavy atom. The van der Waals surface area contributed by atoms with Crippen molar-refractivity contribution < 1.29 is 0 Å². The predicted molar refractivity (Wildman–Crippen MR) is 87.9 cm³/mol. The fraction of sp³-hybridized carbons (Fsp3) is 0.176. The summed E-state index contributed by atoms with van der Waals surface area (Å²) in [6.45, 7) is 4.20. The van der Waals surface area contributed by atoms with E-state index >= 15 is 0 Å². The Morgan fingerprint density at radius 1 is 0.952 bits per heavy atom. The Balaban J connectivity index is 2.17. The highest BCUT2D eigenvalue weighted by atomic mass is 15.2. The molecule has 0 aliphatic carbocycles. The summed E-state index contributed by atoms with van der Waals surface area (Å²) in [7, 11) is 2.01. The van der Waals surface area contributed by atoms with E-state index < -0.39 is 0 Å². The van der Waals surface area contributed by atoms with Gasteiger partial charge in [-0.1, -0.05) is 6.07 Å². The molecule has 3 aromatic rings. The summed E-state index contributed by atoms with van der Waals surface area (Å²) in [5, 5.41) is 0.958. The van der Waals surface area contributed by atoms with Gasteiger partial charge in [0.15, 0.2) is 0 Å². The topological polar surface area (TPSA) is 55.0 Å². The zero-order chi connectivity index (χ0) is 15.0. The molecule has 1 heterocycles. The number of aromatic nitrogens is 2. The van der Waals surface area contributed by atoms with Crippen LogP contribution in [0.2, 0.25) is 0 Å². The van der Waals surface area contributed by atoms with Crippen LogP contribution in [0.25, 0.3) is 10.9 Å². The van der Waals surface area contributed by atoms with E-state index in [0.717, 1.165) is 22.4 Å². The van der Waals surface area contributed by atoms with Gasteiger partial charge in [-0.15, -0.1) is 0 Å². The lowest BCUT2D eigenvalue weighted by molar-refractivity contribution is 1.11. The first-order valence-electron chi connectivity index (χ1n) is 6.87. The van der Waals surface area contributed by atoms with Crippen molar-refractivity contribution >= 4 is 28.1 Å². The molecular weight excluding hydrogens is 260 g/mol. The number of nitrogens with two attached hydrogens (primary N) is 1. The summed E-state index contributed by atoms with van der Waals surface area (Å²) in [5.41, 5.74) is 11.1. The van der Waals surface area contributed by atoms with Gasteiger partial charge in [0, 0.05) is 23.8 Å². The smallest absolute Gasteiger partial charge is 0.144 e. The van der Waals surface area contributed by atoms with Crippen molar-refractivity contribution in [3.05, 3.63) is 53.9 Å². The van der Waals surface area contributed by atoms with Crippen LogP contribution in [0.1, 0.15) is 11.1 Å². The minimum atomic E-state index is 0.715. The van der Waals surface area contributed by atoms with E-state index in [9.17, 15) is 0 Å². The van der Waals surface area contributed by atoms with Crippen molar-refractivity contribution in [1.29, 1.82) is 0 Å². The van der Waals surface area contributed by atoms with Crippen LogP contribution in [0, 0.1) is 13.8 Å². The van der Waals surface area contributed by atoms with E-state index in [1.165, 1.54) is 11.1 Å². The number of anilines is 3. The van der Waals surface area contributed by atoms with Crippen molar-refractivity contribution in [2.45, 2.75) is 13.8 Å². The van der Waals surface area contributed by atoms with E-state index in [2.05, 4.69) is 46.9 Å². The lowest BCUT2D eigenvalue weighted by Gasteiger charge is -2.21. The summed E-state index contributed by atoms with van der Waals surface area (Å²) in [5.74, 6) is 0.859. The van der Waals surface area contributed by atoms with Crippen LogP contribution in [0.5, 0.6) is 0 Å². The lowest BCUT2D eigenvalue weighted by atomic mass is 10.1. The molecule has 0 radical (unpaired) electrons. The third-order valence-electron chi connectivity index (χ3n) is 3.55. The average Bonchev–Trinajstić information content (AvgIpc) is 2.44. The number of nitrogen functional groups attached to an aromatic ring is 1. The molecule has 3 rings (SSSR count). The second-order valence-electron chi connectivity index (χ2n) is 5.38. The minimum absolute atomic E-state index is 0.715. The van der Waals surface area contributed by atoms with E-state index in [0.29, 0.717) is 5.69 Å². The predicted octanol–water partition coefficient (Wildman–Crippen LogP) is 3.60. The molecule has 0 spiro atoms. The van der Waals surface area contributed by atoms with Crippen LogP contribution in [0.15, 0.2) is 42.7 Å². The Labute approximate surface area is 124 Å². The molecule has 0 fully saturated rings. The molecule has 4 heteroatoms. The molecule has 0 unspecified atom stereocenters. The maximum Gasteiger partial charge on any atom is 0.144 e. The molecule has 0 atom stereocenters. The molecule has 0 amide bonds. The first-order chi connectivity index (χ1) is 10.0. The van der Waals surface area contributed by atoms with E-state index in [1.807, 2.05) is 25.2 Å². The van der Waals surface area contributed by atoms with E-state index in [-0.39, 0.29) is 0 Å². The quantitative estimate of drug-likeness (QED) is 0.728. The van der Waals surface area contributed by atoms with Crippen LogP contribution in [-0.2, 0) is 0 Å². The maximum absolute atomic E-state index is 5.91. The van der Waals surface area contributed by atoms with Gasteiger partial charge in [-0.2, -0.15) is 0 Å². The standard InChI is InChI=1S/C17H18N4/c1-11-6-12(2)8-14(7-11)21(3)17-15-9-13(18)4-5-16(15)19-10-20-17/h4-10H,18H2,1-3H3. The summed E-state index contributed by atoms with van der Waals surface area (Å²) in [4.78, 5) is 10.8. The van der Waals surface area contributed by atoms with Crippen LogP contribution < -0.4 is 10.6 Å². The minimum Gasteiger partial charge on any atom is -0.399 e. The fourth-order valence-corrected chi connectivity index (χ4v) is 2.59. The molecule has 0 aliphatic rings. The van der Waals surface area contributed by atoms with Crippen molar-refractivity contribution in [2.24, 2.45) is 0 Å². The zero-order valence-electron chi connectivity index (χ0n) is 12.5. The Kier molecular flexibility index (Phi) is 3.22. The van der Waals surface area contributed by atoms with Crippen LogP contribution in [0.3, 0.4) is 0 Å². The first-order valence-corrected chi connectivity index (χ1v) is 6.87.